The summed E-state index contributed by atoms with van der Waals surface area (Å²) in [7, 11) is 0. The summed E-state index contributed by atoms with van der Waals surface area (Å²) in [5, 5.41) is 4.47. The first kappa shape index (κ1) is 18.9. The largest absolute Gasteiger partial charge is 0.493 e. The van der Waals surface area contributed by atoms with E-state index in [0.717, 1.165) is 53.4 Å². The zero-order valence-corrected chi connectivity index (χ0v) is 18.0. The van der Waals surface area contributed by atoms with Gasteiger partial charge >= 0.3 is 6.09 Å². The lowest BCUT2D eigenvalue weighted by atomic mass is 9.92. The van der Waals surface area contributed by atoms with Gasteiger partial charge in [-0.05, 0) is 52.2 Å². The van der Waals surface area contributed by atoms with E-state index in [-0.39, 0.29) is 23.7 Å². The molecule has 7 nitrogen and oxygen atoms in total. The van der Waals surface area contributed by atoms with E-state index in [2.05, 4.69) is 11.4 Å². The van der Waals surface area contributed by atoms with Gasteiger partial charge in [-0.2, -0.15) is 0 Å². The van der Waals surface area contributed by atoms with Crippen molar-refractivity contribution in [1.82, 2.24) is 9.88 Å². The zero-order chi connectivity index (χ0) is 20.4. The van der Waals surface area contributed by atoms with Crippen LogP contribution in [0, 0.1) is 0 Å². The summed E-state index contributed by atoms with van der Waals surface area (Å²) in [5.74, 6) is 0.952. The molecule has 1 aliphatic carbocycles. The maximum Gasteiger partial charge on any atom is 0.410 e. The number of hydrogen-bond acceptors (Lipinski definition) is 7. The number of rotatable bonds is 2. The molecule has 3 aliphatic rings. The van der Waals surface area contributed by atoms with Crippen LogP contribution in [0.15, 0.2) is 12.1 Å². The molecule has 3 N–H and O–H groups in total. The predicted molar refractivity (Wildman–Crippen MR) is 114 cm³/mol. The van der Waals surface area contributed by atoms with E-state index < -0.39 is 5.60 Å². The topological polar surface area (TPSA) is 89.7 Å². The van der Waals surface area contributed by atoms with Gasteiger partial charge < -0.3 is 25.4 Å². The molecule has 0 radical (unpaired) electrons. The van der Waals surface area contributed by atoms with Crippen LogP contribution in [0.2, 0.25) is 0 Å². The molecule has 2 aromatic rings. The zero-order valence-electron chi connectivity index (χ0n) is 17.2. The summed E-state index contributed by atoms with van der Waals surface area (Å²) in [4.78, 5) is 19.4. The summed E-state index contributed by atoms with van der Waals surface area (Å²) in [6, 6.07) is 4.03. The fourth-order valence-electron chi connectivity index (χ4n) is 4.45. The molecule has 2 atom stereocenters. The molecular formula is C21H28N4O3S. The normalized spacial score (nSPS) is 25.0. The van der Waals surface area contributed by atoms with Crippen LogP contribution in [0.3, 0.4) is 0 Å². The number of hydrogen-bond donors (Lipinski definition) is 2. The highest BCUT2D eigenvalue weighted by Gasteiger charge is 2.56. The van der Waals surface area contributed by atoms with Gasteiger partial charge in [-0.25, -0.2) is 9.78 Å². The van der Waals surface area contributed by atoms with Crippen molar-refractivity contribution >= 4 is 32.8 Å². The lowest BCUT2D eigenvalue weighted by Crippen LogP contribution is -2.61. The van der Waals surface area contributed by atoms with Gasteiger partial charge in [0.15, 0.2) is 5.13 Å². The van der Waals surface area contributed by atoms with E-state index >= 15 is 0 Å². The monoisotopic (exact) mass is 416 g/mol. The summed E-state index contributed by atoms with van der Waals surface area (Å²) in [6.07, 6.45) is 3.49. The molecule has 2 aliphatic heterocycles. The third-order valence-electron chi connectivity index (χ3n) is 6.06. The lowest BCUT2D eigenvalue weighted by Gasteiger charge is -2.43. The number of aromatic nitrogens is 1. The van der Waals surface area contributed by atoms with Gasteiger partial charge in [0.1, 0.15) is 11.4 Å². The van der Waals surface area contributed by atoms with Crippen molar-refractivity contribution in [1.29, 1.82) is 0 Å². The van der Waals surface area contributed by atoms with Gasteiger partial charge in [0.25, 0.3) is 0 Å². The Bertz CT molecular complexity index is 963. The van der Waals surface area contributed by atoms with Gasteiger partial charge in [0, 0.05) is 36.2 Å². The van der Waals surface area contributed by atoms with E-state index in [4.69, 9.17) is 20.2 Å². The smallest absolute Gasteiger partial charge is 0.410 e. The van der Waals surface area contributed by atoms with Crippen LogP contribution in [0.25, 0.3) is 10.2 Å². The molecule has 0 bridgehead atoms. The number of nitrogens with two attached hydrogens (primary N) is 1. The van der Waals surface area contributed by atoms with Crippen molar-refractivity contribution in [3.8, 4) is 5.75 Å². The Morgan fingerprint density at radius 3 is 2.93 bits per heavy atom. The summed E-state index contributed by atoms with van der Waals surface area (Å²) in [6.45, 7) is 6.92. The maximum atomic E-state index is 12.7. The van der Waals surface area contributed by atoms with Crippen molar-refractivity contribution in [3.05, 3.63) is 17.7 Å². The molecule has 1 amide bonds. The third-order valence-corrected chi connectivity index (χ3v) is 7.02. The van der Waals surface area contributed by atoms with Crippen LogP contribution in [0.5, 0.6) is 5.75 Å². The van der Waals surface area contributed by atoms with Gasteiger partial charge in [-0.15, -0.1) is 0 Å². The predicted octanol–water partition coefficient (Wildman–Crippen LogP) is 3.51. The Labute approximate surface area is 174 Å². The number of amides is 1. The van der Waals surface area contributed by atoms with Crippen LogP contribution in [0.1, 0.15) is 45.6 Å². The van der Waals surface area contributed by atoms with Crippen molar-refractivity contribution in [2.45, 2.75) is 69.7 Å². The van der Waals surface area contributed by atoms with E-state index in [0.29, 0.717) is 6.54 Å². The second-order valence-corrected chi connectivity index (χ2v) is 10.5. The first-order valence-electron chi connectivity index (χ1n) is 10.3. The van der Waals surface area contributed by atoms with Crippen LogP contribution in [-0.4, -0.2) is 52.4 Å². The van der Waals surface area contributed by atoms with Crippen molar-refractivity contribution in [3.63, 3.8) is 0 Å². The number of carbonyl (C=O) groups is 1. The van der Waals surface area contributed by atoms with Gasteiger partial charge in [0.2, 0.25) is 0 Å². The Balaban J connectivity index is 1.33. The number of nitrogens with one attached hydrogen (secondary N) is 1. The Kier molecular flexibility index (Phi) is 4.22. The molecule has 1 spiro atoms. The summed E-state index contributed by atoms with van der Waals surface area (Å²) in [5.41, 5.74) is 8.11. The van der Waals surface area contributed by atoms with E-state index in [1.165, 1.54) is 5.56 Å². The number of fused-ring (bicyclic) bond motifs is 3. The number of likely N-dealkylation sites (tertiary alicyclic amines) is 1. The molecule has 8 heteroatoms. The van der Waals surface area contributed by atoms with Crippen molar-refractivity contribution < 1.29 is 14.3 Å². The molecule has 5 rings (SSSR count). The van der Waals surface area contributed by atoms with Crippen LogP contribution in [-0.2, 0) is 11.2 Å². The highest BCUT2D eigenvalue weighted by molar-refractivity contribution is 7.22. The van der Waals surface area contributed by atoms with E-state index in [1.807, 2.05) is 31.7 Å². The average Bonchev–Trinajstić information content (AvgIpc) is 3.04. The number of nitrogens with zero attached hydrogens (tertiary/aromatic N) is 2. The van der Waals surface area contributed by atoms with Gasteiger partial charge in [-0.3, -0.25) is 0 Å². The first-order chi connectivity index (χ1) is 13.7. The summed E-state index contributed by atoms with van der Waals surface area (Å²) < 4.78 is 12.5. The van der Waals surface area contributed by atoms with Crippen molar-refractivity contribution in [2.75, 3.05) is 18.5 Å². The van der Waals surface area contributed by atoms with E-state index in [1.54, 1.807) is 11.3 Å². The van der Waals surface area contributed by atoms with Crippen LogP contribution < -0.4 is 15.8 Å². The van der Waals surface area contributed by atoms with E-state index in [9.17, 15) is 4.79 Å². The molecule has 1 saturated heterocycles. The molecule has 2 fully saturated rings. The molecule has 156 valence electrons. The quantitative estimate of drug-likeness (QED) is 0.779. The van der Waals surface area contributed by atoms with Gasteiger partial charge in [0.05, 0.1) is 16.8 Å². The average molecular weight is 417 g/mol. The highest BCUT2D eigenvalue weighted by Crippen LogP contribution is 2.49. The lowest BCUT2D eigenvalue weighted by molar-refractivity contribution is 0.00214. The minimum absolute atomic E-state index is 0.0843. The number of piperidine rings is 1. The molecule has 1 aromatic heterocycles. The molecule has 29 heavy (non-hydrogen) atoms. The number of ether oxygens (including phenoxy) is 2. The highest BCUT2D eigenvalue weighted by atomic mass is 32.1. The number of carbonyl (C=O) groups excluding carboxylic acids is 1. The Morgan fingerprint density at radius 1 is 1.41 bits per heavy atom. The second-order valence-electron chi connectivity index (χ2n) is 9.44. The fourth-order valence-corrected chi connectivity index (χ4v) is 5.41. The minimum atomic E-state index is -0.503. The van der Waals surface area contributed by atoms with Crippen LogP contribution >= 0.6 is 11.3 Å². The maximum absolute atomic E-state index is 12.7. The Hall–Kier alpha value is -2.06. The van der Waals surface area contributed by atoms with Gasteiger partial charge in [-0.1, -0.05) is 11.3 Å². The standard InChI is InChI=1S/C21H28N4O3S/c1-20(2,3)28-19(26)25-11-13(22)14(10-21(25)7-8-21)23-18-24-17-12-6-9-27-15(12)4-5-16(17)29-18/h4-5,13-14H,6-11,22H2,1-3H3,(H,23,24)/t13-,14+/m0/s1. The molecule has 0 unspecified atom stereocenters. The third kappa shape index (κ3) is 3.42. The number of thiazole rings is 1. The SMILES string of the molecule is CC(C)(C)OC(=O)N1C[C@H](N)[C@H](Nc2nc3c4c(ccc3s2)OCC4)CC12CC2. The molecule has 1 aromatic carbocycles. The number of anilines is 1. The fraction of sp³-hybridized carbons (Fsp3) is 0.619. The first-order valence-corrected chi connectivity index (χ1v) is 11.1. The Morgan fingerprint density at radius 2 is 2.21 bits per heavy atom. The number of benzene rings is 1. The van der Waals surface area contributed by atoms with Crippen molar-refractivity contribution in [2.24, 2.45) is 5.73 Å². The molecular weight excluding hydrogens is 388 g/mol. The summed E-state index contributed by atoms with van der Waals surface area (Å²) >= 11 is 1.66. The van der Waals surface area contributed by atoms with Crippen LogP contribution in [0.4, 0.5) is 9.93 Å². The minimum Gasteiger partial charge on any atom is -0.493 e. The molecule has 1 saturated carbocycles. The second kappa shape index (κ2) is 6.47. The molecule has 3 heterocycles.